The lowest BCUT2D eigenvalue weighted by Gasteiger charge is -2.36. The number of methoxy groups -OCH3 is 1. The fourth-order valence-corrected chi connectivity index (χ4v) is 6.04. The average Bonchev–Trinajstić information content (AvgIpc) is 3.53. The van der Waals surface area contributed by atoms with Crippen LogP contribution in [-0.2, 0) is 18.8 Å². The summed E-state index contributed by atoms with van der Waals surface area (Å²) < 4.78 is 22.4. The largest absolute Gasteiger partial charge is 0.449 e. The van der Waals surface area contributed by atoms with Crippen LogP contribution >= 0.6 is 7.60 Å². The Morgan fingerprint density at radius 3 is 2.40 bits per heavy atom. The summed E-state index contributed by atoms with van der Waals surface area (Å²) in [6.45, 7) is 4.81. The van der Waals surface area contributed by atoms with Gasteiger partial charge in [0.25, 0.3) is 5.91 Å². The number of aromatic nitrogens is 1. The van der Waals surface area contributed by atoms with Crippen molar-refractivity contribution < 1.29 is 38.2 Å². The van der Waals surface area contributed by atoms with E-state index in [-0.39, 0.29) is 56.7 Å². The highest BCUT2D eigenvalue weighted by molar-refractivity contribution is 7.51. The van der Waals surface area contributed by atoms with Crippen LogP contribution in [0.15, 0.2) is 42.5 Å². The monoisotopic (exact) mass is 645 g/mol. The number of carbonyl (C=O) groups is 3. The SMILES string of the molecule is CCCCOC(=O)N1CCN(C(=O)C(CCCP(=O)(O)O)NC(=O)c2cc(N3CCC(OC)C3)cc(-c3ccccc3)n2)CC1. The number of piperazine rings is 1. The summed E-state index contributed by atoms with van der Waals surface area (Å²) in [5.74, 6) is -0.945. The van der Waals surface area contributed by atoms with Crippen LogP contribution in [-0.4, -0.2) is 114 Å². The number of benzene rings is 1. The van der Waals surface area contributed by atoms with Gasteiger partial charge in [0.05, 0.1) is 18.4 Å². The van der Waals surface area contributed by atoms with Gasteiger partial charge in [0.2, 0.25) is 5.91 Å². The Hall–Kier alpha value is -3.51. The second-order valence-corrected chi connectivity index (χ2v) is 13.2. The second-order valence-electron chi connectivity index (χ2n) is 11.4. The van der Waals surface area contributed by atoms with E-state index in [0.717, 1.165) is 37.1 Å². The molecule has 14 heteroatoms. The van der Waals surface area contributed by atoms with E-state index < -0.39 is 31.8 Å². The molecule has 2 atom stereocenters. The molecule has 45 heavy (non-hydrogen) atoms. The van der Waals surface area contributed by atoms with E-state index >= 15 is 0 Å². The average molecular weight is 646 g/mol. The summed E-state index contributed by atoms with van der Waals surface area (Å²) in [5, 5.41) is 2.81. The maximum Gasteiger partial charge on any atom is 0.409 e. The highest BCUT2D eigenvalue weighted by Crippen LogP contribution is 2.35. The molecule has 0 spiro atoms. The standard InChI is InChI=1S/C31H44N5O8P/c1-3-4-18-44-31(39)35-16-14-34(15-17-35)30(38)26(11-8-19-45(40,41)42)33-29(37)28-21-24(36-13-12-25(22-36)43-2)20-27(32-28)23-9-6-5-7-10-23/h5-7,9-10,20-21,25-26H,3-4,8,11-19,22H2,1-2H3,(H,33,37)(H2,40,41,42). The van der Waals surface area contributed by atoms with Crippen LogP contribution in [0.3, 0.4) is 0 Å². The predicted octanol–water partition coefficient (Wildman–Crippen LogP) is 3.11. The lowest BCUT2D eigenvalue weighted by Crippen LogP contribution is -2.56. The van der Waals surface area contributed by atoms with Crippen molar-refractivity contribution in [2.45, 2.75) is 51.2 Å². The summed E-state index contributed by atoms with van der Waals surface area (Å²) in [6, 6.07) is 12.1. The van der Waals surface area contributed by atoms with Gasteiger partial charge in [-0.05, 0) is 37.8 Å². The number of amides is 3. The predicted molar refractivity (Wildman–Crippen MR) is 169 cm³/mol. The van der Waals surface area contributed by atoms with Crippen molar-refractivity contribution >= 4 is 31.2 Å². The van der Waals surface area contributed by atoms with Crippen molar-refractivity contribution in [2.24, 2.45) is 0 Å². The Morgan fingerprint density at radius 2 is 1.76 bits per heavy atom. The van der Waals surface area contributed by atoms with Crippen molar-refractivity contribution in [1.82, 2.24) is 20.1 Å². The zero-order valence-electron chi connectivity index (χ0n) is 26.0. The molecule has 1 aromatic heterocycles. The summed E-state index contributed by atoms with van der Waals surface area (Å²) in [7, 11) is -2.62. The van der Waals surface area contributed by atoms with Crippen LogP contribution in [0.2, 0.25) is 0 Å². The zero-order valence-corrected chi connectivity index (χ0v) is 26.9. The van der Waals surface area contributed by atoms with E-state index in [2.05, 4.69) is 15.2 Å². The topological polar surface area (TPSA) is 162 Å². The van der Waals surface area contributed by atoms with E-state index in [1.165, 1.54) is 0 Å². The number of carbonyl (C=O) groups excluding carboxylic acids is 3. The number of nitrogens with one attached hydrogen (secondary N) is 1. The van der Waals surface area contributed by atoms with Crippen molar-refractivity contribution in [1.29, 1.82) is 0 Å². The highest BCUT2D eigenvalue weighted by Gasteiger charge is 2.32. The van der Waals surface area contributed by atoms with Gasteiger partial charge in [-0.2, -0.15) is 0 Å². The van der Waals surface area contributed by atoms with Crippen molar-refractivity contribution in [3.63, 3.8) is 0 Å². The Kier molecular flexibility index (Phi) is 12.3. The molecule has 0 saturated carbocycles. The van der Waals surface area contributed by atoms with Crippen LogP contribution in [0.5, 0.6) is 0 Å². The van der Waals surface area contributed by atoms with Gasteiger partial charge in [0, 0.05) is 63.8 Å². The quantitative estimate of drug-likeness (QED) is 0.218. The molecule has 1 aromatic carbocycles. The maximum absolute atomic E-state index is 13.7. The number of hydrogen-bond acceptors (Lipinski definition) is 8. The Bertz CT molecular complexity index is 1350. The molecular weight excluding hydrogens is 601 g/mol. The summed E-state index contributed by atoms with van der Waals surface area (Å²) in [5.41, 5.74) is 2.36. The minimum Gasteiger partial charge on any atom is -0.449 e. The minimum atomic E-state index is -4.30. The lowest BCUT2D eigenvalue weighted by molar-refractivity contribution is -0.135. The molecular formula is C31H44N5O8P. The Morgan fingerprint density at radius 1 is 1.04 bits per heavy atom. The number of unbranched alkanes of at least 4 members (excludes halogenated alkanes) is 1. The van der Waals surface area contributed by atoms with Gasteiger partial charge in [-0.15, -0.1) is 0 Å². The number of ether oxygens (including phenoxy) is 2. The summed E-state index contributed by atoms with van der Waals surface area (Å²) in [6.07, 6.45) is 1.83. The molecule has 2 unspecified atom stereocenters. The number of hydrogen-bond donors (Lipinski definition) is 3. The maximum atomic E-state index is 13.7. The molecule has 0 aliphatic carbocycles. The van der Waals surface area contributed by atoms with E-state index in [1.54, 1.807) is 23.0 Å². The molecule has 13 nitrogen and oxygen atoms in total. The fraction of sp³-hybridized carbons (Fsp3) is 0.548. The van der Waals surface area contributed by atoms with Crippen molar-refractivity contribution in [3.05, 3.63) is 48.2 Å². The lowest BCUT2D eigenvalue weighted by atomic mass is 10.1. The van der Waals surface area contributed by atoms with Crippen LogP contribution in [0.4, 0.5) is 10.5 Å². The minimum absolute atomic E-state index is 0.0274. The first-order valence-corrected chi connectivity index (χ1v) is 17.3. The fourth-order valence-electron chi connectivity index (χ4n) is 5.44. The Balaban J connectivity index is 1.52. The normalized spacial score (nSPS) is 17.7. The number of pyridine rings is 1. The van der Waals surface area contributed by atoms with Crippen LogP contribution in [0.1, 0.15) is 49.5 Å². The van der Waals surface area contributed by atoms with Gasteiger partial charge in [0.15, 0.2) is 0 Å². The van der Waals surface area contributed by atoms with Gasteiger partial charge >= 0.3 is 13.7 Å². The molecule has 4 rings (SSSR count). The first kappa shape index (κ1) is 34.4. The first-order valence-electron chi connectivity index (χ1n) is 15.5. The van der Waals surface area contributed by atoms with Crippen molar-refractivity contribution in [2.75, 3.05) is 64.0 Å². The molecule has 2 fully saturated rings. The van der Waals surface area contributed by atoms with E-state index in [9.17, 15) is 28.7 Å². The van der Waals surface area contributed by atoms with Gasteiger partial charge in [0.1, 0.15) is 11.7 Å². The summed E-state index contributed by atoms with van der Waals surface area (Å²) >= 11 is 0. The number of nitrogens with zero attached hydrogens (tertiary/aromatic N) is 4. The van der Waals surface area contributed by atoms with E-state index in [0.29, 0.717) is 18.8 Å². The molecule has 2 aliphatic heterocycles. The number of rotatable bonds is 13. The van der Waals surface area contributed by atoms with Gasteiger partial charge < -0.3 is 39.3 Å². The molecule has 3 N–H and O–H groups in total. The van der Waals surface area contributed by atoms with Gasteiger partial charge in [-0.3, -0.25) is 14.2 Å². The van der Waals surface area contributed by atoms with E-state index in [1.807, 2.05) is 43.3 Å². The number of anilines is 1. The third-order valence-corrected chi connectivity index (χ3v) is 8.97. The smallest absolute Gasteiger partial charge is 0.409 e. The zero-order chi connectivity index (χ0) is 32.4. The molecule has 2 aromatic rings. The highest BCUT2D eigenvalue weighted by atomic mass is 31.2. The van der Waals surface area contributed by atoms with Crippen LogP contribution in [0, 0.1) is 0 Å². The molecule has 2 aliphatic rings. The molecule has 3 heterocycles. The van der Waals surface area contributed by atoms with Gasteiger partial charge in [-0.1, -0.05) is 43.7 Å². The molecule has 3 amide bonds. The van der Waals surface area contributed by atoms with Crippen LogP contribution < -0.4 is 10.2 Å². The third kappa shape index (κ3) is 9.99. The molecule has 2 saturated heterocycles. The third-order valence-electron chi connectivity index (χ3n) is 8.07. The van der Waals surface area contributed by atoms with Crippen LogP contribution in [0.25, 0.3) is 11.3 Å². The van der Waals surface area contributed by atoms with Crippen molar-refractivity contribution in [3.8, 4) is 11.3 Å². The van der Waals surface area contributed by atoms with E-state index in [4.69, 9.17) is 9.47 Å². The van der Waals surface area contributed by atoms with Gasteiger partial charge in [-0.25, -0.2) is 9.78 Å². The Labute approximate surface area is 264 Å². The summed E-state index contributed by atoms with van der Waals surface area (Å²) in [4.78, 5) is 68.5. The second kappa shape index (κ2) is 16.2. The molecule has 0 radical (unpaired) electrons. The first-order chi connectivity index (χ1) is 21.6. The molecule has 0 bridgehead atoms. The molecule has 246 valence electrons.